The zero-order chi connectivity index (χ0) is 19.2. The van der Waals surface area contributed by atoms with Gasteiger partial charge in [-0.3, -0.25) is 4.79 Å². The van der Waals surface area contributed by atoms with E-state index in [-0.39, 0.29) is 11.9 Å². The minimum atomic E-state index is -0.819. The van der Waals surface area contributed by atoms with E-state index in [9.17, 15) is 9.59 Å². The lowest BCUT2D eigenvalue weighted by molar-refractivity contribution is -0.150. The predicted octanol–water partition coefficient (Wildman–Crippen LogP) is 3.87. The monoisotopic (exact) mass is 366 g/mol. The molecule has 0 radical (unpaired) electrons. The number of pyridine rings is 1. The van der Waals surface area contributed by atoms with Gasteiger partial charge >= 0.3 is 5.97 Å². The standard InChI is InChI=1S/C22H26N2O3/c1-15-7-3-5-9-19(15)24-22(26)16(2)27-21(25)14-13-18-12-11-17-8-4-6-10-20(17)23-18/h4,6,8,10-16,19H,3,5,7,9H2,1-2H3,(H,24,26)/b14-13+/t15-,16-,19+/m0/s1. The lowest BCUT2D eigenvalue weighted by atomic mass is 9.86. The Morgan fingerprint density at radius 2 is 1.96 bits per heavy atom. The normalized spacial score (nSPS) is 21.1. The second kappa shape index (κ2) is 8.80. The number of hydrogen-bond donors (Lipinski definition) is 1. The maximum absolute atomic E-state index is 12.3. The number of aromatic nitrogens is 1. The molecule has 5 heteroatoms. The molecule has 3 atom stereocenters. The Balaban J connectivity index is 1.54. The molecule has 0 spiro atoms. The molecular formula is C22H26N2O3. The van der Waals surface area contributed by atoms with Gasteiger partial charge in [0.05, 0.1) is 11.2 Å². The number of esters is 1. The van der Waals surface area contributed by atoms with Gasteiger partial charge < -0.3 is 10.1 Å². The summed E-state index contributed by atoms with van der Waals surface area (Å²) in [6, 6.07) is 11.7. The largest absolute Gasteiger partial charge is 0.449 e. The molecule has 1 aromatic heterocycles. The van der Waals surface area contributed by atoms with Crippen molar-refractivity contribution in [2.24, 2.45) is 5.92 Å². The van der Waals surface area contributed by atoms with E-state index < -0.39 is 12.1 Å². The van der Waals surface area contributed by atoms with E-state index in [1.54, 1.807) is 13.0 Å². The van der Waals surface area contributed by atoms with Crippen molar-refractivity contribution in [3.63, 3.8) is 0 Å². The highest BCUT2D eigenvalue weighted by Gasteiger charge is 2.25. The molecule has 1 aromatic carbocycles. The Bertz CT molecular complexity index is 846. The van der Waals surface area contributed by atoms with Crippen molar-refractivity contribution in [2.45, 2.75) is 51.7 Å². The first kappa shape index (κ1) is 19.1. The van der Waals surface area contributed by atoms with Crippen LogP contribution in [0, 0.1) is 5.92 Å². The van der Waals surface area contributed by atoms with Crippen molar-refractivity contribution in [3.8, 4) is 0 Å². The number of fused-ring (bicyclic) bond motifs is 1. The molecule has 1 fully saturated rings. The quantitative estimate of drug-likeness (QED) is 0.644. The fourth-order valence-electron chi connectivity index (χ4n) is 3.43. The summed E-state index contributed by atoms with van der Waals surface area (Å²) in [4.78, 5) is 28.8. The highest BCUT2D eigenvalue weighted by molar-refractivity contribution is 5.90. The number of carbonyl (C=O) groups is 2. The zero-order valence-corrected chi connectivity index (χ0v) is 15.9. The number of nitrogens with one attached hydrogen (secondary N) is 1. The lowest BCUT2D eigenvalue weighted by Gasteiger charge is -2.30. The molecule has 0 saturated heterocycles. The van der Waals surface area contributed by atoms with Crippen LogP contribution in [0.3, 0.4) is 0 Å². The topological polar surface area (TPSA) is 68.3 Å². The fourth-order valence-corrected chi connectivity index (χ4v) is 3.43. The smallest absolute Gasteiger partial charge is 0.331 e. The molecular weight excluding hydrogens is 340 g/mol. The van der Waals surface area contributed by atoms with Gasteiger partial charge in [0.25, 0.3) is 5.91 Å². The second-order valence-corrected chi connectivity index (χ2v) is 7.22. The molecule has 1 aliphatic carbocycles. The average molecular weight is 366 g/mol. The Morgan fingerprint density at radius 1 is 1.19 bits per heavy atom. The molecule has 0 aliphatic heterocycles. The van der Waals surface area contributed by atoms with E-state index >= 15 is 0 Å². The molecule has 3 rings (SSSR count). The van der Waals surface area contributed by atoms with Crippen LogP contribution in [-0.4, -0.2) is 29.0 Å². The summed E-state index contributed by atoms with van der Waals surface area (Å²) in [5.74, 6) is -0.326. The first-order chi connectivity index (χ1) is 13.0. The molecule has 1 N–H and O–H groups in total. The van der Waals surface area contributed by atoms with Crippen LogP contribution in [0.5, 0.6) is 0 Å². The van der Waals surface area contributed by atoms with Gasteiger partial charge in [0.2, 0.25) is 0 Å². The summed E-state index contributed by atoms with van der Waals surface area (Å²) in [6.45, 7) is 3.75. The van der Waals surface area contributed by atoms with Gasteiger partial charge in [-0.2, -0.15) is 0 Å². The van der Waals surface area contributed by atoms with Crippen molar-refractivity contribution < 1.29 is 14.3 Å². The lowest BCUT2D eigenvalue weighted by Crippen LogP contribution is -2.45. The Hall–Kier alpha value is -2.69. The molecule has 2 aromatic rings. The van der Waals surface area contributed by atoms with Crippen LogP contribution in [0.4, 0.5) is 0 Å². The number of hydrogen-bond acceptors (Lipinski definition) is 4. The highest BCUT2D eigenvalue weighted by Crippen LogP contribution is 2.23. The van der Waals surface area contributed by atoms with Crippen LogP contribution in [0.1, 0.15) is 45.2 Å². The predicted molar refractivity (Wildman–Crippen MR) is 106 cm³/mol. The summed E-state index contributed by atoms with van der Waals surface area (Å²) in [7, 11) is 0. The van der Waals surface area contributed by atoms with Gasteiger partial charge in [0.15, 0.2) is 6.10 Å². The summed E-state index contributed by atoms with van der Waals surface area (Å²) in [5, 5.41) is 4.06. The molecule has 1 heterocycles. The third kappa shape index (κ3) is 5.16. The van der Waals surface area contributed by atoms with Crippen molar-refractivity contribution in [3.05, 3.63) is 48.2 Å². The van der Waals surface area contributed by atoms with Gasteiger partial charge in [-0.1, -0.05) is 44.0 Å². The summed E-state index contributed by atoms with van der Waals surface area (Å²) in [5.41, 5.74) is 1.53. The number of rotatable bonds is 5. The number of amides is 1. The van der Waals surface area contributed by atoms with E-state index in [4.69, 9.17) is 4.74 Å². The van der Waals surface area contributed by atoms with Gasteiger partial charge in [-0.15, -0.1) is 0 Å². The molecule has 142 valence electrons. The number of carbonyl (C=O) groups excluding carboxylic acids is 2. The van der Waals surface area contributed by atoms with Crippen molar-refractivity contribution >= 4 is 28.9 Å². The minimum absolute atomic E-state index is 0.171. The summed E-state index contributed by atoms with van der Waals surface area (Å²) < 4.78 is 5.23. The summed E-state index contributed by atoms with van der Waals surface area (Å²) in [6.07, 6.45) is 6.55. The molecule has 0 unspecified atom stereocenters. The van der Waals surface area contributed by atoms with Crippen molar-refractivity contribution in [1.82, 2.24) is 10.3 Å². The molecule has 0 bridgehead atoms. The Labute approximate surface area is 159 Å². The number of benzene rings is 1. The summed E-state index contributed by atoms with van der Waals surface area (Å²) >= 11 is 0. The zero-order valence-electron chi connectivity index (χ0n) is 15.9. The van der Waals surface area contributed by atoms with Crippen LogP contribution >= 0.6 is 0 Å². The Kier molecular flexibility index (Phi) is 6.22. The van der Waals surface area contributed by atoms with E-state index in [2.05, 4.69) is 17.2 Å². The van der Waals surface area contributed by atoms with Gasteiger partial charge in [-0.05, 0) is 43.9 Å². The first-order valence-electron chi connectivity index (χ1n) is 9.58. The van der Waals surface area contributed by atoms with Crippen LogP contribution in [0.25, 0.3) is 17.0 Å². The number of para-hydroxylation sites is 1. The first-order valence-corrected chi connectivity index (χ1v) is 9.58. The molecule has 27 heavy (non-hydrogen) atoms. The maximum atomic E-state index is 12.3. The molecule has 1 saturated carbocycles. The van der Waals surface area contributed by atoms with Crippen LogP contribution < -0.4 is 5.32 Å². The van der Waals surface area contributed by atoms with Gasteiger partial charge in [-0.25, -0.2) is 9.78 Å². The second-order valence-electron chi connectivity index (χ2n) is 7.22. The minimum Gasteiger partial charge on any atom is -0.449 e. The number of ether oxygens (including phenoxy) is 1. The molecule has 1 aliphatic rings. The fraction of sp³-hybridized carbons (Fsp3) is 0.409. The maximum Gasteiger partial charge on any atom is 0.331 e. The Morgan fingerprint density at radius 3 is 2.78 bits per heavy atom. The molecule has 1 amide bonds. The van der Waals surface area contributed by atoms with Crippen molar-refractivity contribution in [1.29, 1.82) is 0 Å². The third-order valence-corrected chi connectivity index (χ3v) is 5.11. The van der Waals surface area contributed by atoms with Gasteiger partial charge in [0.1, 0.15) is 0 Å². The third-order valence-electron chi connectivity index (χ3n) is 5.11. The molecule has 5 nitrogen and oxygen atoms in total. The van der Waals surface area contributed by atoms with E-state index in [1.165, 1.54) is 12.5 Å². The van der Waals surface area contributed by atoms with Crippen LogP contribution in [0.15, 0.2) is 42.5 Å². The number of nitrogens with zero attached hydrogens (tertiary/aromatic N) is 1. The highest BCUT2D eigenvalue weighted by atomic mass is 16.5. The van der Waals surface area contributed by atoms with E-state index in [0.29, 0.717) is 11.6 Å². The van der Waals surface area contributed by atoms with Crippen molar-refractivity contribution in [2.75, 3.05) is 0 Å². The van der Waals surface area contributed by atoms with Crippen LogP contribution in [0.2, 0.25) is 0 Å². The van der Waals surface area contributed by atoms with Gasteiger partial charge in [0, 0.05) is 17.5 Å². The van der Waals surface area contributed by atoms with Crippen LogP contribution in [-0.2, 0) is 14.3 Å². The van der Waals surface area contributed by atoms with E-state index in [0.717, 1.165) is 30.2 Å². The van der Waals surface area contributed by atoms with E-state index in [1.807, 2.05) is 36.4 Å². The average Bonchev–Trinajstić information content (AvgIpc) is 2.68. The SMILES string of the molecule is C[C@H](OC(=O)/C=C/c1ccc2ccccc2n1)C(=O)N[C@@H]1CCCC[C@@H]1C.